The van der Waals surface area contributed by atoms with Gasteiger partial charge >= 0.3 is 0 Å². The number of aliphatic hydroxyl groups excluding tert-OH is 1. The number of aryl methyl sites for hydroxylation is 1. The van der Waals surface area contributed by atoms with Crippen molar-refractivity contribution in [3.63, 3.8) is 0 Å². The van der Waals surface area contributed by atoms with Crippen LogP contribution in [0, 0.1) is 6.92 Å². The molecule has 0 aliphatic rings. The molecule has 0 aliphatic carbocycles. The summed E-state index contributed by atoms with van der Waals surface area (Å²) in [5.74, 6) is 0. The Morgan fingerprint density at radius 3 is 2.50 bits per heavy atom. The van der Waals surface area contributed by atoms with E-state index in [1.165, 1.54) is 43.6 Å². The molecular formula is C12H22N2OS. The van der Waals surface area contributed by atoms with Crippen LogP contribution in [0.3, 0.4) is 0 Å². The lowest BCUT2D eigenvalue weighted by molar-refractivity contribution is 0.166. The summed E-state index contributed by atoms with van der Waals surface area (Å²) < 4.78 is 3.84. The van der Waals surface area contributed by atoms with E-state index in [2.05, 4.69) is 16.5 Å². The van der Waals surface area contributed by atoms with Crippen LogP contribution in [-0.2, 0) is 0 Å². The molecule has 1 aromatic heterocycles. The summed E-state index contributed by atoms with van der Waals surface area (Å²) in [5.41, 5.74) is 0.878. The van der Waals surface area contributed by atoms with Crippen molar-refractivity contribution in [1.82, 2.24) is 9.59 Å². The third-order valence-corrected chi connectivity index (χ3v) is 3.75. The Hall–Kier alpha value is -0.480. The maximum absolute atomic E-state index is 9.92. The molecular weight excluding hydrogens is 220 g/mol. The Balaban J connectivity index is 2.11. The van der Waals surface area contributed by atoms with Crippen LogP contribution in [-0.4, -0.2) is 14.7 Å². The summed E-state index contributed by atoms with van der Waals surface area (Å²) in [7, 11) is 0. The number of nitrogens with zero attached hydrogens (tertiary/aromatic N) is 2. The van der Waals surface area contributed by atoms with Crippen molar-refractivity contribution >= 4 is 11.5 Å². The van der Waals surface area contributed by atoms with Crippen LogP contribution in [0.2, 0.25) is 0 Å². The second-order valence-corrected chi connectivity index (χ2v) is 5.08. The highest BCUT2D eigenvalue weighted by Crippen LogP contribution is 2.24. The first-order chi connectivity index (χ1) is 7.75. The van der Waals surface area contributed by atoms with Gasteiger partial charge in [0.15, 0.2) is 0 Å². The molecule has 4 heteroatoms. The highest BCUT2D eigenvalue weighted by Gasteiger charge is 2.13. The highest BCUT2D eigenvalue weighted by molar-refractivity contribution is 7.05. The van der Waals surface area contributed by atoms with Crippen molar-refractivity contribution in [2.45, 2.75) is 64.9 Å². The van der Waals surface area contributed by atoms with Crippen LogP contribution in [0.15, 0.2) is 0 Å². The maximum atomic E-state index is 9.92. The molecule has 0 spiro atoms. The van der Waals surface area contributed by atoms with Gasteiger partial charge in [-0.1, -0.05) is 49.9 Å². The molecule has 0 bridgehead atoms. The number of rotatable bonds is 8. The van der Waals surface area contributed by atoms with E-state index in [1.54, 1.807) is 0 Å². The first-order valence-electron chi connectivity index (χ1n) is 6.22. The van der Waals surface area contributed by atoms with Crippen molar-refractivity contribution in [3.05, 3.63) is 10.6 Å². The third-order valence-electron chi connectivity index (χ3n) is 2.82. The molecule has 1 aromatic rings. The van der Waals surface area contributed by atoms with Gasteiger partial charge < -0.3 is 5.11 Å². The predicted molar refractivity (Wildman–Crippen MR) is 67.6 cm³/mol. The number of hydrogen-bond acceptors (Lipinski definition) is 4. The van der Waals surface area contributed by atoms with E-state index in [-0.39, 0.29) is 6.10 Å². The van der Waals surface area contributed by atoms with E-state index < -0.39 is 0 Å². The van der Waals surface area contributed by atoms with Gasteiger partial charge in [0.05, 0.1) is 16.7 Å². The van der Waals surface area contributed by atoms with Gasteiger partial charge in [-0.2, -0.15) is 0 Å². The molecule has 0 aromatic carbocycles. The zero-order chi connectivity index (χ0) is 11.8. The van der Waals surface area contributed by atoms with Crippen LogP contribution in [0.1, 0.15) is 68.5 Å². The molecule has 0 radical (unpaired) electrons. The molecule has 0 saturated carbocycles. The van der Waals surface area contributed by atoms with Gasteiger partial charge in [0.2, 0.25) is 0 Å². The Kier molecular flexibility index (Phi) is 6.57. The minimum absolute atomic E-state index is 0.355. The van der Waals surface area contributed by atoms with Crippen LogP contribution in [0.5, 0.6) is 0 Å². The summed E-state index contributed by atoms with van der Waals surface area (Å²) in [6.45, 7) is 4.13. The van der Waals surface area contributed by atoms with E-state index in [1.807, 2.05) is 6.92 Å². The van der Waals surface area contributed by atoms with Gasteiger partial charge in [-0.15, -0.1) is 5.10 Å². The van der Waals surface area contributed by atoms with Crippen molar-refractivity contribution in [2.24, 2.45) is 0 Å². The molecule has 0 fully saturated rings. The maximum Gasteiger partial charge on any atom is 0.0917 e. The van der Waals surface area contributed by atoms with E-state index in [9.17, 15) is 5.11 Å². The molecule has 92 valence electrons. The Labute approximate surface area is 102 Å². The average Bonchev–Trinajstić information content (AvgIpc) is 2.69. The van der Waals surface area contributed by atoms with Crippen molar-refractivity contribution in [1.29, 1.82) is 0 Å². The average molecular weight is 242 g/mol. The van der Waals surface area contributed by atoms with Crippen molar-refractivity contribution < 1.29 is 5.11 Å². The Morgan fingerprint density at radius 1 is 1.19 bits per heavy atom. The summed E-state index contributed by atoms with van der Waals surface area (Å²) >= 11 is 1.32. The molecule has 0 aliphatic heterocycles. The quantitative estimate of drug-likeness (QED) is 0.708. The molecule has 3 nitrogen and oxygen atoms in total. The molecule has 1 N–H and O–H groups in total. The first-order valence-corrected chi connectivity index (χ1v) is 7.00. The number of unbranched alkanes of at least 4 members (excludes halogenated alkanes) is 5. The largest absolute Gasteiger partial charge is 0.387 e. The van der Waals surface area contributed by atoms with E-state index >= 15 is 0 Å². The predicted octanol–water partition coefficient (Wildman–Crippen LogP) is 3.63. The minimum atomic E-state index is -0.355. The van der Waals surface area contributed by atoms with Crippen LogP contribution >= 0.6 is 11.5 Å². The van der Waals surface area contributed by atoms with Gasteiger partial charge in [0.1, 0.15) is 0 Å². The molecule has 1 rings (SSSR count). The van der Waals surface area contributed by atoms with Crippen molar-refractivity contribution in [3.8, 4) is 0 Å². The third kappa shape index (κ3) is 4.58. The van der Waals surface area contributed by atoms with E-state index in [0.717, 1.165) is 23.4 Å². The van der Waals surface area contributed by atoms with Gasteiger partial charge in [0.25, 0.3) is 0 Å². The fourth-order valence-electron chi connectivity index (χ4n) is 1.79. The SMILES string of the molecule is CCCCCCCCC(O)c1snnc1C. The van der Waals surface area contributed by atoms with Gasteiger partial charge in [-0.05, 0) is 24.9 Å². The molecule has 0 amide bonds. The van der Waals surface area contributed by atoms with Gasteiger partial charge in [-0.3, -0.25) is 0 Å². The second-order valence-electron chi connectivity index (χ2n) is 4.29. The summed E-state index contributed by atoms with van der Waals surface area (Å²) in [5, 5.41) is 13.8. The zero-order valence-electron chi connectivity index (χ0n) is 10.3. The number of aliphatic hydroxyl groups is 1. The minimum Gasteiger partial charge on any atom is -0.387 e. The van der Waals surface area contributed by atoms with Crippen LogP contribution < -0.4 is 0 Å². The molecule has 1 heterocycles. The normalized spacial score (nSPS) is 12.9. The van der Waals surface area contributed by atoms with Gasteiger partial charge in [0, 0.05) is 0 Å². The topological polar surface area (TPSA) is 46.0 Å². The highest BCUT2D eigenvalue weighted by atomic mass is 32.1. The Morgan fingerprint density at radius 2 is 1.88 bits per heavy atom. The smallest absolute Gasteiger partial charge is 0.0917 e. The lowest BCUT2D eigenvalue weighted by Gasteiger charge is -2.07. The summed E-state index contributed by atoms with van der Waals surface area (Å²) in [6, 6.07) is 0. The number of hydrogen-bond donors (Lipinski definition) is 1. The molecule has 16 heavy (non-hydrogen) atoms. The lowest BCUT2D eigenvalue weighted by atomic mass is 10.1. The van der Waals surface area contributed by atoms with Crippen molar-refractivity contribution in [2.75, 3.05) is 0 Å². The standard InChI is InChI=1S/C12H22N2OS/c1-3-4-5-6-7-8-9-11(15)12-10(2)13-14-16-12/h11,15H,3-9H2,1-2H3. The molecule has 1 unspecified atom stereocenters. The van der Waals surface area contributed by atoms with Gasteiger partial charge in [-0.25, -0.2) is 0 Å². The van der Waals surface area contributed by atoms with Crippen LogP contribution in [0.25, 0.3) is 0 Å². The second kappa shape index (κ2) is 7.74. The van der Waals surface area contributed by atoms with E-state index in [4.69, 9.17) is 0 Å². The van der Waals surface area contributed by atoms with E-state index in [0.29, 0.717) is 0 Å². The molecule has 1 atom stereocenters. The fraction of sp³-hybridized carbons (Fsp3) is 0.833. The van der Waals surface area contributed by atoms with Crippen LogP contribution in [0.4, 0.5) is 0 Å². The first kappa shape index (κ1) is 13.6. The Bertz CT molecular complexity index is 288. The molecule has 0 saturated heterocycles. The zero-order valence-corrected chi connectivity index (χ0v) is 11.1. The summed E-state index contributed by atoms with van der Waals surface area (Å²) in [6.07, 6.45) is 8.05. The monoisotopic (exact) mass is 242 g/mol. The lowest BCUT2D eigenvalue weighted by Crippen LogP contribution is -1.97. The number of aromatic nitrogens is 2. The fourth-order valence-corrected chi connectivity index (χ4v) is 2.46. The summed E-state index contributed by atoms with van der Waals surface area (Å²) in [4.78, 5) is 0.938.